The van der Waals surface area contributed by atoms with Gasteiger partial charge in [0.05, 0.1) is 18.2 Å². The minimum atomic E-state index is -0.318. The fraction of sp³-hybridized carbons (Fsp3) is 0.333. The van der Waals surface area contributed by atoms with E-state index in [1.807, 2.05) is 56.3 Å². The average molecular weight is 330 g/mol. The highest BCUT2D eigenvalue weighted by Crippen LogP contribution is 2.22. The third kappa shape index (κ3) is 4.42. The summed E-state index contributed by atoms with van der Waals surface area (Å²) in [6.45, 7) is 6.19. The van der Waals surface area contributed by atoms with Crippen molar-refractivity contribution in [3.8, 4) is 0 Å². The maximum absolute atomic E-state index is 12.4. The van der Waals surface area contributed by atoms with Crippen molar-refractivity contribution >= 4 is 29.4 Å². The molecule has 5 heteroatoms. The zero-order chi connectivity index (χ0) is 16.8. The number of nitrogens with one attached hydrogen (secondary N) is 2. The quantitative estimate of drug-likeness (QED) is 0.642. The number of allylic oxidation sites excluding steroid dienone is 1. The smallest absolute Gasteiger partial charge is 0.338 e. The summed E-state index contributed by atoms with van der Waals surface area (Å²) in [5.41, 5.74) is 2.46. The summed E-state index contributed by atoms with van der Waals surface area (Å²) in [4.78, 5) is 12.4. The standard InChI is InChI=1S/C18H22N2O2S/c1-4-22-17(21)15-14(11-10-13-8-6-5-7-9-13)19-18(23)20-16(15)12(2)3/h5-12,14H,4H2,1-3H3,(H2,19,20,23)/b11-10+. The molecule has 4 nitrogen and oxygen atoms in total. The molecule has 0 aromatic heterocycles. The average Bonchev–Trinajstić information content (AvgIpc) is 2.53. The van der Waals surface area contributed by atoms with E-state index >= 15 is 0 Å². The highest BCUT2D eigenvalue weighted by molar-refractivity contribution is 7.80. The normalized spacial score (nSPS) is 18.1. The minimum absolute atomic E-state index is 0.141. The van der Waals surface area contributed by atoms with E-state index in [2.05, 4.69) is 10.6 Å². The Bertz CT molecular complexity index is 636. The first-order valence-electron chi connectivity index (χ1n) is 7.74. The summed E-state index contributed by atoms with van der Waals surface area (Å²) in [6.07, 6.45) is 3.92. The van der Waals surface area contributed by atoms with Crippen molar-refractivity contribution in [1.82, 2.24) is 10.6 Å². The molecule has 1 aliphatic heterocycles. The summed E-state index contributed by atoms with van der Waals surface area (Å²) >= 11 is 5.27. The number of hydrogen-bond acceptors (Lipinski definition) is 3. The van der Waals surface area contributed by atoms with Crippen LogP contribution in [0.4, 0.5) is 0 Å². The second-order valence-corrected chi connectivity index (χ2v) is 5.96. The molecule has 1 unspecified atom stereocenters. The summed E-state index contributed by atoms with van der Waals surface area (Å²) < 4.78 is 5.23. The van der Waals surface area contributed by atoms with Crippen LogP contribution in [0.1, 0.15) is 26.3 Å². The molecule has 2 rings (SSSR count). The van der Waals surface area contributed by atoms with Crippen LogP contribution in [0.5, 0.6) is 0 Å². The van der Waals surface area contributed by atoms with Crippen LogP contribution in [0.2, 0.25) is 0 Å². The van der Waals surface area contributed by atoms with Crippen LogP contribution in [-0.4, -0.2) is 23.7 Å². The van der Waals surface area contributed by atoms with Crippen molar-refractivity contribution in [1.29, 1.82) is 0 Å². The number of carbonyl (C=O) groups excluding carboxylic acids is 1. The van der Waals surface area contributed by atoms with Crippen molar-refractivity contribution in [2.45, 2.75) is 26.8 Å². The summed E-state index contributed by atoms with van der Waals surface area (Å²) in [5.74, 6) is -0.177. The van der Waals surface area contributed by atoms with Gasteiger partial charge in [-0.3, -0.25) is 0 Å². The lowest BCUT2D eigenvalue weighted by Crippen LogP contribution is -2.50. The van der Waals surface area contributed by atoms with Gasteiger partial charge < -0.3 is 15.4 Å². The van der Waals surface area contributed by atoms with Crippen molar-refractivity contribution in [2.75, 3.05) is 6.61 Å². The van der Waals surface area contributed by atoms with E-state index in [0.29, 0.717) is 17.3 Å². The topological polar surface area (TPSA) is 50.4 Å². The molecule has 0 aliphatic carbocycles. The molecule has 0 saturated heterocycles. The number of esters is 1. The number of benzene rings is 1. The van der Waals surface area contributed by atoms with Crippen LogP contribution in [0.25, 0.3) is 6.08 Å². The molecular formula is C18H22N2O2S. The number of hydrogen-bond donors (Lipinski definition) is 2. The van der Waals surface area contributed by atoms with Crippen LogP contribution in [0, 0.1) is 5.92 Å². The molecule has 0 radical (unpaired) electrons. The fourth-order valence-corrected chi connectivity index (χ4v) is 2.66. The van der Waals surface area contributed by atoms with Crippen LogP contribution < -0.4 is 10.6 Å². The van der Waals surface area contributed by atoms with Gasteiger partial charge in [0.2, 0.25) is 0 Å². The number of thiocarbonyl (C=S) groups is 1. The molecule has 0 fully saturated rings. The van der Waals surface area contributed by atoms with Crippen molar-refractivity contribution in [3.63, 3.8) is 0 Å². The number of rotatable bonds is 5. The van der Waals surface area contributed by atoms with Crippen LogP contribution in [0.15, 0.2) is 47.7 Å². The van der Waals surface area contributed by atoms with E-state index in [9.17, 15) is 4.79 Å². The first kappa shape index (κ1) is 17.2. The van der Waals surface area contributed by atoms with Gasteiger partial charge in [-0.05, 0) is 30.6 Å². The first-order chi connectivity index (χ1) is 11.0. The Balaban J connectivity index is 2.37. The zero-order valence-corrected chi connectivity index (χ0v) is 14.4. The second kappa shape index (κ2) is 7.92. The SMILES string of the molecule is CCOC(=O)C1=C(C(C)C)NC(=S)NC1/C=C/c1ccccc1. The lowest BCUT2D eigenvalue weighted by Gasteiger charge is -2.30. The molecule has 1 heterocycles. The van der Waals surface area contributed by atoms with Gasteiger partial charge >= 0.3 is 5.97 Å². The largest absolute Gasteiger partial charge is 0.463 e. The molecule has 0 amide bonds. The molecule has 0 saturated carbocycles. The third-order valence-electron chi connectivity index (χ3n) is 3.49. The summed E-state index contributed by atoms with van der Waals surface area (Å²) in [7, 11) is 0. The zero-order valence-electron chi connectivity index (χ0n) is 13.6. The number of ether oxygens (including phenoxy) is 1. The Kier molecular flexibility index (Phi) is 5.93. The van der Waals surface area contributed by atoms with Crippen molar-refractivity contribution < 1.29 is 9.53 Å². The van der Waals surface area contributed by atoms with Crippen LogP contribution >= 0.6 is 12.2 Å². The van der Waals surface area contributed by atoms with E-state index in [1.165, 1.54) is 0 Å². The van der Waals surface area contributed by atoms with Gasteiger partial charge in [-0.2, -0.15) is 0 Å². The van der Waals surface area contributed by atoms with E-state index in [1.54, 1.807) is 6.92 Å². The summed E-state index contributed by atoms with van der Waals surface area (Å²) in [6, 6.07) is 9.63. The molecule has 2 N–H and O–H groups in total. The maximum atomic E-state index is 12.4. The van der Waals surface area contributed by atoms with E-state index in [4.69, 9.17) is 17.0 Å². The van der Waals surface area contributed by atoms with Gasteiger partial charge in [-0.1, -0.05) is 56.3 Å². The van der Waals surface area contributed by atoms with Gasteiger partial charge in [-0.25, -0.2) is 4.79 Å². The molecule has 1 atom stereocenters. The predicted octanol–water partition coefficient (Wildman–Crippen LogP) is 3.02. The molecule has 122 valence electrons. The molecule has 1 aliphatic rings. The summed E-state index contributed by atoms with van der Waals surface area (Å²) in [5, 5.41) is 6.75. The van der Waals surface area contributed by atoms with Crippen LogP contribution in [0.3, 0.4) is 0 Å². The van der Waals surface area contributed by atoms with Crippen LogP contribution in [-0.2, 0) is 9.53 Å². The molecule has 0 spiro atoms. The Morgan fingerprint density at radius 2 is 2.04 bits per heavy atom. The Hall–Kier alpha value is -2.14. The maximum Gasteiger partial charge on any atom is 0.338 e. The first-order valence-corrected chi connectivity index (χ1v) is 8.15. The van der Waals surface area contributed by atoms with E-state index in [-0.39, 0.29) is 17.9 Å². The van der Waals surface area contributed by atoms with E-state index in [0.717, 1.165) is 11.3 Å². The molecule has 0 bridgehead atoms. The van der Waals surface area contributed by atoms with Gasteiger partial charge in [0, 0.05) is 5.70 Å². The number of carbonyl (C=O) groups is 1. The van der Waals surface area contributed by atoms with Gasteiger partial charge in [0.25, 0.3) is 0 Å². The molecule has 1 aromatic rings. The van der Waals surface area contributed by atoms with Gasteiger partial charge in [0.1, 0.15) is 0 Å². The monoisotopic (exact) mass is 330 g/mol. The third-order valence-corrected chi connectivity index (χ3v) is 3.71. The van der Waals surface area contributed by atoms with Gasteiger partial charge in [0.15, 0.2) is 5.11 Å². The molecular weight excluding hydrogens is 308 g/mol. The van der Waals surface area contributed by atoms with Crippen molar-refractivity contribution in [3.05, 3.63) is 53.2 Å². The Morgan fingerprint density at radius 3 is 2.65 bits per heavy atom. The lowest BCUT2D eigenvalue weighted by molar-refractivity contribution is -0.138. The Morgan fingerprint density at radius 1 is 1.35 bits per heavy atom. The highest BCUT2D eigenvalue weighted by atomic mass is 32.1. The molecule has 23 heavy (non-hydrogen) atoms. The van der Waals surface area contributed by atoms with Crippen molar-refractivity contribution in [2.24, 2.45) is 5.92 Å². The molecule has 1 aromatic carbocycles. The Labute approximate surface area is 142 Å². The highest BCUT2D eigenvalue weighted by Gasteiger charge is 2.30. The predicted molar refractivity (Wildman–Crippen MR) is 96.6 cm³/mol. The van der Waals surface area contributed by atoms with E-state index < -0.39 is 0 Å². The van der Waals surface area contributed by atoms with Gasteiger partial charge in [-0.15, -0.1) is 0 Å². The fourth-order valence-electron chi connectivity index (χ4n) is 2.42. The lowest BCUT2D eigenvalue weighted by atomic mass is 9.95. The second-order valence-electron chi connectivity index (χ2n) is 5.55. The minimum Gasteiger partial charge on any atom is -0.463 e.